The molecule has 4 aromatic carbocycles. The van der Waals surface area contributed by atoms with Crippen molar-refractivity contribution in [3.05, 3.63) is 119 Å². The molecular weight excluding hydrogens is 368 g/mol. The first-order valence-electron chi connectivity index (χ1n) is 9.91. The lowest BCUT2D eigenvalue weighted by Gasteiger charge is -2.24. The van der Waals surface area contributed by atoms with Gasteiger partial charge in [-0.2, -0.15) is 0 Å². The summed E-state index contributed by atoms with van der Waals surface area (Å²) in [6, 6.07) is 27.2. The lowest BCUT2D eigenvalue weighted by Crippen LogP contribution is -2.15. The molecule has 0 aliphatic heterocycles. The first-order chi connectivity index (χ1) is 14.5. The van der Waals surface area contributed by atoms with Crippen LogP contribution in [-0.4, -0.2) is 10.9 Å². The number of aromatic hydroxyl groups is 1. The third-order valence-electron chi connectivity index (χ3n) is 5.77. The molecule has 0 radical (unpaired) electrons. The molecule has 0 unspecified atom stereocenters. The number of phenolic OH excluding ortho intramolecular Hbond substituents is 1. The molecule has 0 fully saturated rings. The monoisotopic (exact) mass is 388 g/mol. The van der Waals surface area contributed by atoms with E-state index in [4.69, 9.17) is 0 Å². The van der Waals surface area contributed by atoms with Crippen molar-refractivity contribution in [2.24, 2.45) is 0 Å². The molecule has 0 amide bonds. The molecule has 0 spiro atoms. The lowest BCUT2D eigenvalue weighted by molar-refractivity contribution is 0.103. The maximum Gasteiger partial charge on any atom is 0.194 e. The Morgan fingerprint density at radius 2 is 1.30 bits per heavy atom. The topological polar surface area (TPSA) is 37.3 Å². The number of ketones is 1. The van der Waals surface area contributed by atoms with Gasteiger partial charge in [-0.05, 0) is 70.1 Å². The minimum atomic E-state index is 0.00605. The molecule has 0 aromatic heterocycles. The van der Waals surface area contributed by atoms with Crippen LogP contribution in [0.4, 0.5) is 0 Å². The summed E-state index contributed by atoms with van der Waals surface area (Å²) in [6.07, 6.45) is 0. The Balaban J connectivity index is 1.65. The van der Waals surface area contributed by atoms with Crippen LogP contribution in [0.2, 0.25) is 0 Å². The largest absolute Gasteiger partial charge is 0.508 e. The number of aryl methyl sites for hydroxylation is 1. The molecule has 0 bridgehead atoms. The summed E-state index contributed by atoms with van der Waals surface area (Å²) in [5, 5.41) is 9.62. The number of benzene rings is 4. The van der Waals surface area contributed by atoms with Gasteiger partial charge in [0.1, 0.15) is 5.75 Å². The van der Waals surface area contributed by atoms with Crippen molar-refractivity contribution >= 4 is 11.4 Å². The predicted octanol–water partition coefficient (Wildman–Crippen LogP) is 6.64. The van der Waals surface area contributed by atoms with Crippen molar-refractivity contribution in [1.82, 2.24) is 0 Å². The molecule has 1 aliphatic rings. The van der Waals surface area contributed by atoms with Gasteiger partial charge in [-0.15, -0.1) is 0 Å². The van der Waals surface area contributed by atoms with Crippen molar-refractivity contribution in [3.8, 4) is 28.0 Å². The maximum absolute atomic E-state index is 13.5. The number of fused-ring (bicyclic) bond motifs is 2. The van der Waals surface area contributed by atoms with Crippen LogP contribution in [-0.2, 0) is 0 Å². The highest BCUT2D eigenvalue weighted by atomic mass is 16.3. The van der Waals surface area contributed by atoms with Crippen LogP contribution < -0.4 is 0 Å². The van der Waals surface area contributed by atoms with Crippen LogP contribution in [0.3, 0.4) is 0 Å². The minimum absolute atomic E-state index is 0.00605. The molecule has 1 N–H and O–H groups in total. The van der Waals surface area contributed by atoms with Crippen LogP contribution >= 0.6 is 0 Å². The number of carbonyl (C=O) groups excluding carboxylic acids is 1. The molecule has 0 atom stereocenters. The van der Waals surface area contributed by atoms with Crippen LogP contribution in [0.5, 0.6) is 5.75 Å². The number of hydrogen-bond acceptors (Lipinski definition) is 2. The van der Waals surface area contributed by atoms with Gasteiger partial charge in [-0.25, -0.2) is 0 Å². The summed E-state index contributed by atoms with van der Waals surface area (Å²) in [6.45, 7) is 6.41. The number of hydrogen-bond donors (Lipinski definition) is 1. The van der Waals surface area contributed by atoms with Crippen molar-refractivity contribution < 1.29 is 9.90 Å². The summed E-state index contributed by atoms with van der Waals surface area (Å²) in [5.41, 5.74) is 9.10. The fourth-order valence-corrected chi connectivity index (χ4v) is 4.13. The van der Waals surface area contributed by atoms with Gasteiger partial charge in [0, 0.05) is 11.1 Å². The van der Waals surface area contributed by atoms with Gasteiger partial charge >= 0.3 is 0 Å². The summed E-state index contributed by atoms with van der Waals surface area (Å²) in [5.74, 6) is 0.208. The first kappa shape index (κ1) is 18.1. The average Bonchev–Trinajstić information content (AvgIpc) is 2.78. The van der Waals surface area contributed by atoms with E-state index in [1.54, 1.807) is 12.1 Å². The highest BCUT2D eigenvalue weighted by Crippen LogP contribution is 2.41. The van der Waals surface area contributed by atoms with E-state index < -0.39 is 0 Å². The second-order valence-corrected chi connectivity index (χ2v) is 7.71. The van der Waals surface area contributed by atoms with Crippen molar-refractivity contribution in [1.29, 1.82) is 0 Å². The molecule has 0 saturated heterocycles. The Morgan fingerprint density at radius 3 is 2.03 bits per heavy atom. The van der Waals surface area contributed by atoms with Crippen molar-refractivity contribution in [2.45, 2.75) is 6.92 Å². The second-order valence-electron chi connectivity index (χ2n) is 7.71. The summed E-state index contributed by atoms with van der Waals surface area (Å²) >= 11 is 0. The highest BCUT2D eigenvalue weighted by molar-refractivity contribution is 6.21. The van der Waals surface area contributed by atoms with Crippen LogP contribution in [0.15, 0.2) is 91.5 Å². The Morgan fingerprint density at radius 1 is 0.667 bits per heavy atom. The van der Waals surface area contributed by atoms with E-state index in [0.29, 0.717) is 11.1 Å². The first-order valence-corrected chi connectivity index (χ1v) is 9.91. The maximum atomic E-state index is 13.5. The fourth-order valence-electron chi connectivity index (χ4n) is 4.13. The van der Waals surface area contributed by atoms with Gasteiger partial charge in [0.25, 0.3) is 0 Å². The summed E-state index contributed by atoms with van der Waals surface area (Å²) in [4.78, 5) is 13.5. The Bertz CT molecular complexity index is 1310. The van der Waals surface area contributed by atoms with E-state index in [2.05, 4.69) is 43.8 Å². The minimum Gasteiger partial charge on any atom is -0.508 e. The normalized spacial score (nSPS) is 12.4. The third-order valence-corrected chi connectivity index (χ3v) is 5.77. The molecule has 0 saturated carbocycles. The molecule has 2 nitrogen and oxygen atoms in total. The number of rotatable bonds is 2. The number of carbonyl (C=O) groups is 1. The molecule has 4 aromatic rings. The van der Waals surface area contributed by atoms with Gasteiger partial charge in [0.15, 0.2) is 5.78 Å². The zero-order valence-electron chi connectivity index (χ0n) is 16.6. The molecule has 0 heterocycles. The second kappa shape index (κ2) is 6.85. The quantitative estimate of drug-likeness (QED) is 0.368. The molecule has 5 rings (SSSR count). The molecule has 2 heteroatoms. The van der Waals surface area contributed by atoms with Gasteiger partial charge in [-0.3, -0.25) is 4.79 Å². The molecule has 144 valence electrons. The van der Waals surface area contributed by atoms with E-state index >= 15 is 0 Å². The Labute approximate surface area is 175 Å². The zero-order chi connectivity index (χ0) is 20.8. The average molecular weight is 388 g/mol. The highest BCUT2D eigenvalue weighted by Gasteiger charge is 2.28. The summed E-state index contributed by atoms with van der Waals surface area (Å²) < 4.78 is 0. The standard InChI is InChI=1S/C28H20O2/c1-17-6-8-19(9-7-17)21-12-15-25-26(16-21)18(2)23-4-3-5-24(27(23)28(25)30)20-10-13-22(29)14-11-20/h3-16,29H,2H2,1H3. The van der Waals surface area contributed by atoms with Crippen LogP contribution in [0.25, 0.3) is 27.8 Å². The van der Waals surface area contributed by atoms with E-state index in [0.717, 1.165) is 39.0 Å². The molecule has 30 heavy (non-hydrogen) atoms. The van der Waals surface area contributed by atoms with E-state index in [1.165, 1.54) is 5.56 Å². The van der Waals surface area contributed by atoms with E-state index in [1.807, 2.05) is 42.5 Å². The molecule has 1 aliphatic carbocycles. The summed E-state index contributed by atoms with van der Waals surface area (Å²) in [7, 11) is 0. The molecular formula is C28H20O2. The zero-order valence-corrected chi connectivity index (χ0v) is 16.6. The van der Waals surface area contributed by atoms with Gasteiger partial charge in [0.05, 0.1) is 0 Å². The van der Waals surface area contributed by atoms with E-state index in [-0.39, 0.29) is 11.5 Å². The SMILES string of the molecule is C=C1c2cc(-c3ccc(C)cc3)ccc2C(=O)c2c1cccc2-c1ccc(O)cc1. The lowest BCUT2D eigenvalue weighted by atomic mass is 9.78. The third kappa shape index (κ3) is 2.85. The Kier molecular flexibility index (Phi) is 4.14. The Hall–Kier alpha value is -3.91. The van der Waals surface area contributed by atoms with Gasteiger partial charge in [0.2, 0.25) is 0 Å². The van der Waals surface area contributed by atoms with Crippen molar-refractivity contribution in [3.63, 3.8) is 0 Å². The number of phenols is 1. The fraction of sp³-hybridized carbons (Fsp3) is 0.0357. The predicted molar refractivity (Wildman–Crippen MR) is 122 cm³/mol. The van der Waals surface area contributed by atoms with Gasteiger partial charge < -0.3 is 5.11 Å². The van der Waals surface area contributed by atoms with Gasteiger partial charge in [-0.1, -0.05) is 72.8 Å². The van der Waals surface area contributed by atoms with Crippen LogP contribution in [0.1, 0.15) is 32.6 Å². The smallest absolute Gasteiger partial charge is 0.194 e. The van der Waals surface area contributed by atoms with Crippen molar-refractivity contribution in [2.75, 3.05) is 0 Å². The van der Waals surface area contributed by atoms with Crippen LogP contribution in [0, 0.1) is 6.92 Å². The van der Waals surface area contributed by atoms with E-state index in [9.17, 15) is 9.90 Å².